The maximum Gasteiger partial charge on any atom is 0.421 e. The molecule has 0 spiro atoms. The summed E-state index contributed by atoms with van der Waals surface area (Å²) in [6, 6.07) is 17.2. The van der Waals surface area contributed by atoms with Gasteiger partial charge in [0.2, 0.25) is 10.0 Å². The van der Waals surface area contributed by atoms with E-state index in [1.165, 1.54) is 54.1 Å². The van der Waals surface area contributed by atoms with Crippen LogP contribution < -0.4 is 10.5 Å². The second-order valence-corrected chi connectivity index (χ2v) is 13.4. The van der Waals surface area contributed by atoms with E-state index in [-0.39, 0.29) is 32.7 Å². The third kappa shape index (κ3) is 5.41. The molecule has 0 saturated heterocycles. The van der Waals surface area contributed by atoms with Gasteiger partial charge in [0.15, 0.2) is 5.60 Å². The third-order valence-electron chi connectivity index (χ3n) is 7.17. The molecule has 14 heteroatoms. The number of hydrogen-bond acceptors (Lipinski definition) is 8. The van der Waals surface area contributed by atoms with Crippen LogP contribution in [0, 0.1) is 0 Å². The van der Waals surface area contributed by atoms with Crippen molar-refractivity contribution >= 4 is 59.8 Å². The summed E-state index contributed by atoms with van der Waals surface area (Å²) in [5, 5.41) is 11.7. The van der Waals surface area contributed by atoms with Crippen molar-refractivity contribution < 1.29 is 31.1 Å². The molecule has 0 radical (unpaired) electrons. The summed E-state index contributed by atoms with van der Waals surface area (Å²) in [5.41, 5.74) is 3.84. The first kappa shape index (κ1) is 30.0. The number of anilines is 1. The van der Waals surface area contributed by atoms with E-state index in [0.717, 1.165) is 6.07 Å². The predicted octanol–water partition coefficient (Wildman–Crippen LogP) is 7.18. The van der Waals surface area contributed by atoms with Crippen LogP contribution in [-0.2, 0) is 15.6 Å². The Morgan fingerprint density at radius 1 is 1.05 bits per heavy atom. The Balaban J connectivity index is 1.48. The molecule has 0 unspecified atom stereocenters. The summed E-state index contributed by atoms with van der Waals surface area (Å²) >= 11 is 7.70. The third-order valence-corrected chi connectivity index (χ3v) is 10.2. The first-order chi connectivity index (χ1) is 20.7. The van der Waals surface area contributed by atoms with E-state index >= 15 is 0 Å². The highest BCUT2D eigenvalue weighted by atomic mass is 35.5. The molecule has 0 aliphatic rings. The minimum atomic E-state index is -4.91. The number of fused-ring (bicyclic) bond motifs is 2. The van der Waals surface area contributed by atoms with E-state index in [0.29, 0.717) is 38.4 Å². The van der Waals surface area contributed by atoms with Gasteiger partial charge in [-0.1, -0.05) is 29.8 Å². The largest absolute Gasteiger partial charge is 0.464 e. The molecular formula is C30H22ClF3N4O4S2. The fraction of sp³-hybridized carbons (Fsp3) is 0.133. The number of sulfonamides is 1. The summed E-state index contributed by atoms with van der Waals surface area (Å²) in [7, 11) is -4.16. The highest BCUT2D eigenvalue weighted by Crippen LogP contribution is 2.42. The number of benzene rings is 2. The SMILES string of the molecule is C[C@](O)(c1ccnc(-c2cccc3cc([C@H](NS(=O)(=O)c4ccc5occc5c4)c4nc(N)ccc4Cl)sc23)c1)C(F)(F)F. The molecule has 2 atom stereocenters. The number of rotatable bonds is 7. The molecule has 0 aliphatic heterocycles. The lowest BCUT2D eigenvalue weighted by Crippen LogP contribution is -2.39. The van der Waals surface area contributed by atoms with Crippen LogP contribution in [0.15, 0.2) is 94.6 Å². The number of halogens is 4. The summed E-state index contributed by atoms with van der Waals surface area (Å²) in [6.07, 6.45) is -2.26. The van der Waals surface area contributed by atoms with Crippen LogP contribution >= 0.6 is 22.9 Å². The van der Waals surface area contributed by atoms with Crippen LogP contribution in [0.3, 0.4) is 0 Å². The van der Waals surface area contributed by atoms with Gasteiger partial charge < -0.3 is 15.3 Å². The Labute approximate surface area is 258 Å². The molecule has 44 heavy (non-hydrogen) atoms. The summed E-state index contributed by atoms with van der Waals surface area (Å²) in [5.74, 6) is 0.118. The van der Waals surface area contributed by atoms with Crippen molar-refractivity contribution in [2.45, 2.75) is 29.6 Å². The van der Waals surface area contributed by atoms with Crippen molar-refractivity contribution in [2.75, 3.05) is 5.73 Å². The van der Waals surface area contributed by atoms with Gasteiger partial charge >= 0.3 is 6.18 Å². The Kier molecular flexibility index (Phi) is 7.41. The fourth-order valence-corrected chi connectivity index (χ4v) is 7.47. The van der Waals surface area contributed by atoms with Crippen molar-refractivity contribution in [3.8, 4) is 11.3 Å². The average molecular weight is 659 g/mol. The van der Waals surface area contributed by atoms with Gasteiger partial charge in [0, 0.05) is 26.7 Å². The lowest BCUT2D eigenvalue weighted by Gasteiger charge is -2.26. The van der Waals surface area contributed by atoms with E-state index < -0.39 is 27.8 Å². The Hall–Kier alpha value is -4.01. The van der Waals surface area contributed by atoms with Crippen LogP contribution in [0.4, 0.5) is 19.0 Å². The number of nitrogens with zero attached hydrogens (tertiary/aromatic N) is 2. The zero-order valence-electron chi connectivity index (χ0n) is 22.6. The van der Waals surface area contributed by atoms with Gasteiger partial charge in [0.25, 0.3) is 0 Å². The van der Waals surface area contributed by atoms with Gasteiger partial charge in [-0.3, -0.25) is 4.98 Å². The zero-order chi connectivity index (χ0) is 31.4. The van der Waals surface area contributed by atoms with Crippen molar-refractivity contribution in [3.63, 3.8) is 0 Å². The number of hydrogen-bond donors (Lipinski definition) is 3. The normalized spacial score (nSPS) is 14.6. The fourth-order valence-electron chi connectivity index (χ4n) is 4.73. The van der Waals surface area contributed by atoms with E-state index in [4.69, 9.17) is 21.8 Å². The van der Waals surface area contributed by atoms with E-state index in [2.05, 4.69) is 14.7 Å². The van der Waals surface area contributed by atoms with Gasteiger partial charge in [-0.05, 0) is 72.5 Å². The molecule has 0 bridgehead atoms. The molecular weight excluding hydrogens is 637 g/mol. The highest BCUT2D eigenvalue weighted by Gasteiger charge is 2.51. The molecule has 4 N–H and O–H groups in total. The van der Waals surface area contributed by atoms with Gasteiger partial charge in [0.1, 0.15) is 11.4 Å². The maximum absolute atomic E-state index is 13.7. The van der Waals surface area contributed by atoms with Crippen LogP contribution in [0.2, 0.25) is 5.02 Å². The van der Waals surface area contributed by atoms with Gasteiger partial charge in [0.05, 0.1) is 33.6 Å². The topological polar surface area (TPSA) is 131 Å². The van der Waals surface area contributed by atoms with Crippen LogP contribution in [0.1, 0.15) is 29.1 Å². The van der Waals surface area contributed by atoms with Crippen molar-refractivity contribution in [2.24, 2.45) is 0 Å². The predicted molar refractivity (Wildman–Crippen MR) is 163 cm³/mol. The summed E-state index contributed by atoms with van der Waals surface area (Å²) < 4.78 is 76.8. The summed E-state index contributed by atoms with van der Waals surface area (Å²) in [6.45, 7) is 0.680. The molecule has 4 heterocycles. The number of nitrogen functional groups attached to an aromatic ring is 1. The maximum atomic E-state index is 13.7. The Morgan fingerprint density at radius 3 is 2.61 bits per heavy atom. The molecule has 0 aliphatic carbocycles. The number of pyridine rings is 2. The monoisotopic (exact) mass is 658 g/mol. The number of nitrogens with two attached hydrogens (primary N) is 1. The smallest absolute Gasteiger partial charge is 0.421 e. The molecule has 8 nitrogen and oxygen atoms in total. The van der Waals surface area contributed by atoms with Crippen molar-refractivity contribution in [1.82, 2.24) is 14.7 Å². The molecule has 0 amide bonds. The van der Waals surface area contributed by atoms with Gasteiger partial charge in [-0.2, -0.15) is 17.9 Å². The molecule has 2 aromatic carbocycles. The minimum Gasteiger partial charge on any atom is -0.464 e. The van der Waals surface area contributed by atoms with Crippen LogP contribution in [-0.4, -0.2) is 29.7 Å². The van der Waals surface area contributed by atoms with E-state index in [9.17, 15) is 26.7 Å². The number of thiophene rings is 1. The summed E-state index contributed by atoms with van der Waals surface area (Å²) in [4.78, 5) is 9.08. The number of furan rings is 1. The number of nitrogens with one attached hydrogen (secondary N) is 1. The van der Waals surface area contributed by atoms with Gasteiger partial charge in [-0.25, -0.2) is 13.4 Å². The van der Waals surface area contributed by atoms with Crippen molar-refractivity contribution in [3.05, 3.63) is 106 Å². The highest BCUT2D eigenvalue weighted by molar-refractivity contribution is 7.89. The first-order valence-electron chi connectivity index (χ1n) is 12.9. The molecule has 6 aromatic rings. The number of alkyl halides is 3. The Morgan fingerprint density at radius 2 is 1.84 bits per heavy atom. The molecule has 0 fully saturated rings. The van der Waals surface area contributed by atoms with Crippen LogP contribution in [0.25, 0.3) is 32.3 Å². The Bertz CT molecular complexity index is 2150. The zero-order valence-corrected chi connectivity index (χ0v) is 25.0. The molecule has 4 aromatic heterocycles. The standard InChI is InChI=1S/C30H22ClF3N4O4S2/c1-29(39,30(32,33)34)18-9-11-36-22(15-18)20-4-2-3-17-14-24(43-28(17)20)27(26-21(31)6-8-25(35)37-26)38-44(40,41)19-5-7-23-16(13-19)10-12-42-23/h2-15,27,38-39H,1H3,(H2,35,37)/t27-,29-/m0/s1. The number of aromatic nitrogens is 2. The minimum absolute atomic E-state index is 0.0176. The number of aliphatic hydroxyl groups is 1. The second-order valence-electron chi connectivity index (χ2n) is 10.2. The van der Waals surface area contributed by atoms with Crippen LogP contribution in [0.5, 0.6) is 0 Å². The lowest BCUT2D eigenvalue weighted by molar-refractivity contribution is -0.258. The quantitative estimate of drug-likeness (QED) is 0.166. The van der Waals surface area contributed by atoms with Crippen molar-refractivity contribution in [1.29, 1.82) is 0 Å². The van der Waals surface area contributed by atoms with Gasteiger partial charge in [-0.15, -0.1) is 11.3 Å². The average Bonchev–Trinajstić information content (AvgIpc) is 3.63. The molecule has 226 valence electrons. The second kappa shape index (κ2) is 10.9. The first-order valence-corrected chi connectivity index (χ1v) is 15.6. The van der Waals surface area contributed by atoms with E-state index in [1.807, 2.05) is 0 Å². The lowest BCUT2D eigenvalue weighted by atomic mass is 9.94. The molecule has 6 rings (SSSR count). The molecule has 0 saturated carbocycles. The van der Waals surface area contributed by atoms with E-state index in [1.54, 1.807) is 36.4 Å².